The molecule has 0 amide bonds. The molecule has 54 valence electrons. The van der Waals surface area contributed by atoms with Crippen molar-refractivity contribution < 1.29 is 0 Å². The average Bonchev–Trinajstić information content (AvgIpc) is 1.85. The van der Waals surface area contributed by atoms with Gasteiger partial charge in [-0.25, -0.2) is 0 Å². The molecular weight excluding hydrogens is 112 g/mol. The number of hydrogen-bond donors (Lipinski definition) is 2. The summed E-state index contributed by atoms with van der Waals surface area (Å²) in [7, 11) is 0. The lowest BCUT2D eigenvalue weighted by Gasteiger charge is -2.02. The molecule has 2 N–H and O–H groups in total. The second-order valence-corrected chi connectivity index (χ2v) is 2.11. The zero-order chi connectivity index (χ0) is 7.11. The highest BCUT2D eigenvalue weighted by atomic mass is 14.9. The Morgan fingerprint density at radius 3 is 2.56 bits per heavy atom. The van der Waals surface area contributed by atoms with E-state index in [2.05, 4.69) is 12.2 Å². The predicted molar refractivity (Wildman–Crippen MR) is 40.9 cm³/mol. The van der Waals surface area contributed by atoms with Crippen LogP contribution in [0.15, 0.2) is 0 Å². The number of amidine groups is 1. The summed E-state index contributed by atoms with van der Waals surface area (Å²) in [6.07, 6.45) is 3.21. The number of hydrogen-bond acceptors (Lipinski definition) is 1. The van der Waals surface area contributed by atoms with Crippen molar-refractivity contribution in [3.05, 3.63) is 0 Å². The monoisotopic (exact) mass is 128 g/mol. The molecule has 0 fully saturated rings. The van der Waals surface area contributed by atoms with Gasteiger partial charge in [-0.2, -0.15) is 0 Å². The van der Waals surface area contributed by atoms with Gasteiger partial charge in [0.15, 0.2) is 0 Å². The standard InChI is InChI=1S/C7H16N2/c1-3-5-6-7(8)9-4-2/h3-6H2,1-2H3,(H2,8,9). The molecule has 0 saturated carbocycles. The highest BCUT2D eigenvalue weighted by molar-refractivity contribution is 5.78. The van der Waals surface area contributed by atoms with Crippen LogP contribution in [0.1, 0.15) is 33.1 Å². The first kappa shape index (κ1) is 8.47. The van der Waals surface area contributed by atoms with Gasteiger partial charge in [0.25, 0.3) is 0 Å². The fourth-order valence-corrected chi connectivity index (χ4v) is 0.655. The molecule has 0 aromatic rings. The minimum Gasteiger partial charge on any atom is -0.374 e. The first-order valence-corrected chi connectivity index (χ1v) is 3.62. The molecular formula is C7H16N2. The molecule has 0 atom stereocenters. The summed E-state index contributed by atoms with van der Waals surface area (Å²) in [5, 5.41) is 10.2. The lowest BCUT2D eigenvalue weighted by Crippen LogP contribution is -2.21. The molecule has 0 aliphatic heterocycles. The molecule has 0 aromatic heterocycles. The molecule has 2 nitrogen and oxygen atoms in total. The van der Waals surface area contributed by atoms with Crippen molar-refractivity contribution in [3.63, 3.8) is 0 Å². The fourth-order valence-electron chi connectivity index (χ4n) is 0.655. The maximum absolute atomic E-state index is 7.28. The quantitative estimate of drug-likeness (QED) is 0.439. The van der Waals surface area contributed by atoms with Gasteiger partial charge in [-0.15, -0.1) is 0 Å². The van der Waals surface area contributed by atoms with E-state index in [1.165, 1.54) is 6.42 Å². The van der Waals surface area contributed by atoms with Gasteiger partial charge in [0.05, 0.1) is 5.84 Å². The predicted octanol–water partition coefficient (Wildman–Crippen LogP) is 1.76. The van der Waals surface area contributed by atoms with E-state index >= 15 is 0 Å². The van der Waals surface area contributed by atoms with Crippen LogP contribution in [-0.2, 0) is 0 Å². The minimum atomic E-state index is 0.680. The van der Waals surface area contributed by atoms with Crippen molar-refractivity contribution in [1.82, 2.24) is 5.32 Å². The van der Waals surface area contributed by atoms with Gasteiger partial charge in [0.1, 0.15) is 0 Å². The third-order valence-corrected chi connectivity index (χ3v) is 1.17. The molecule has 0 aromatic carbocycles. The highest BCUT2D eigenvalue weighted by Crippen LogP contribution is 1.92. The zero-order valence-corrected chi connectivity index (χ0v) is 6.33. The Hall–Kier alpha value is -0.530. The summed E-state index contributed by atoms with van der Waals surface area (Å²) >= 11 is 0. The van der Waals surface area contributed by atoms with E-state index in [1.54, 1.807) is 0 Å². The fraction of sp³-hybridized carbons (Fsp3) is 0.857. The zero-order valence-electron chi connectivity index (χ0n) is 6.33. The first-order valence-electron chi connectivity index (χ1n) is 3.62. The molecule has 0 bridgehead atoms. The molecule has 0 aliphatic carbocycles. The topological polar surface area (TPSA) is 35.9 Å². The molecule has 0 heterocycles. The third kappa shape index (κ3) is 5.34. The molecule has 0 radical (unpaired) electrons. The van der Waals surface area contributed by atoms with Crippen LogP contribution in [0, 0.1) is 5.41 Å². The van der Waals surface area contributed by atoms with Crippen molar-refractivity contribution in [2.75, 3.05) is 6.54 Å². The van der Waals surface area contributed by atoms with E-state index in [0.29, 0.717) is 5.84 Å². The summed E-state index contributed by atoms with van der Waals surface area (Å²) in [4.78, 5) is 0. The molecule has 2 heteroatoms. The highest BCUT2D eigenvalue weighted by Gasteiger charge is 1.90. The molecule has 0 spiro atoms. The summed E-state index contributed by atoms with van der Waals surface area (Å²) in [5.74, 6) is 0.680. The second-order valence-electron chi connectivity index (χ2n) is 2.11. The summed E-state index contributed by atoms with van der Waals surface area (Å²) in [6.45, 7) is 5.03. The Kier molecular flexibility index (Phi) is 5.27. The molecule has 0 aliphatic rings. The summed E-state index contributed by atoms with van der Waals surface area (Å²) in [5.41, 5.74) is 0. The van der Waals surface area contributed by atoms with Crippen LogP contribution in [0.4, 0.5) is 0 Å². The largest absolute Gasteiger partial charge is 0.374 e. The third-order valence-electron chi connectivity index (χ3n) is 1.17. The van der Waals surface area contributed by atoms with Gasteiger partial charge in [0, 0.05) is 13.0 Å². The lowest BCUT2D eigenvalue weighted by molar-refractivity contribution is 0.800. The van der Waals surface area contributed by atoms with Crippen LogP contribution >= 0.6 is 0 Å². The van der Waals surface area contributed by atoms with Gasteiger partial charge in [-0.05, 0) is 13.3 Å². The van der Waals surface area contributed by atoms with Crippen LogP contribution < -0.4 is 5.32 Å². The Morgan fingerprint density at radius 2 is 2.11 bits per heavy atom. The molecule has 0 saturated heterocycles. The van der Waals surface area contributed by atoms with Crippen LogP contribution in [0.5, 0.6) is 0 Å². The average molecular weight is 128 g/mol. The molecule has 9 heavy (non-hydrogen) atoms. The smallest absolute Gasteiger partial charge is 0.0931 e. The van der Waals surface area contributed by atoms with Gasteiger partial charge < -0.3 is 5.32 Å². The maximum atomic E-state index is 7.28. The van der Waals surface area contributed by atoms with Crippen molar-refractivity contribution in [1.29, 1.82) is 5.41 Å². The number of nitrogens with one attached hydrogen (secondary N) is 2. The van der Waals surface area contributed by atoms with Crippen LogP contribution in [0.3, 0.4) is 0 Å². The van der Waals surface area contributed by atoms with E-state index in [1.807, 2.05) is 6.92 Å². The second kappa shape index (κ2) is 5.60. The van der Waals surface area contributed by atoms with Crippen molar-refractivity contribution in [2.24, 2.45) is 0 Å². The van der Waals surface area contributed by atoms with Gasteiger partial charge in [-0.1, -0.05) is 13.3 Å². The maximum Gasteiger partial charge on any atom is 0.0931 e. The number of rotatable bonds is 4. The summed E-state index contributed by atoms with van der Waals surface area (Å²) in [6, 6.07) is 0. The van der Waals surface area contributed by atoms with E-state index in [9.17, 15) is 0 Å². The van der Waals surface area contributed by atoms with Gasteiger partial charge in [0.2, 0.25) is 0 Å². The molecule has 0 rings (SSSR count). The summed E-state index contributed by atoms with van der Waals surface area (Å²) < 4.78 is 0. The Labute approximate surface area is 57.2 Å². The van der Waals surface area contributed by atoms with Crippen molar-refractivity contribution in [2.45, 2.75) is 33.1 Å². The normalized spacial score (nSPS) is 9.11. The van der Waals surface area contributed by atoms with Crippen molar-refractivity contribution >= 4 is 5.84 Å². The lowest BCUT2D eigenvalue weighted by atomic mass is 10.2. The number of unbranched alkanes of at least 4 members (excludes halogenated alkanes) is 1. The van der Waals surface area contributed by atoms with Crippen LogP contribution in [-0.4, -0.2) is 12.4 Å². The van der Waals surface area contributed by atoms with E-state index in [4.69, 9.17) is 5.41 Å². The van der Waals surface area contributed by atoms with Crippen molar-refractivity contribution in [3.8, 4) is 0 Å². The van der Waals surface area contributed by atoms with E-state index in [-0.39, 0.29) is 0 Å². The minimum absolute atomic E-state index is 0.680. The Balaban J connectivity index is 3.06. The SMILES string of the molecule is CCCCC(=N)NCC. The Morgan fingerprint density at radius 1 is 1.44 bits per heavy atom. The first-order chi connectivity index (χ1) is 4.31. The van der Waals surface area contributed by atoms with Gasteiger partial charge in [-0.3, -0.25) is 5.41 Å². The van der Waals surface area contributed by atoms with Crippen LogP contribution in [0.2, 0.25) is 0 Å². The molecule has 0 unspecified atom stereocenters. The van der Waals surface area contributed by atoms with Crippen LogP contribution in [0.25, 0.3) is 0 Å². The van der Waals surface area contributed by atoms with Gasteiger partial charge >= 0.3 is 0 Å². The van der Waals surface area contributed by atoms with E-state index in [0.717, 1.165) is 19.4 Å². The Bertz CT molecular complexity index is 79.0. The van der Waals surface area contributed by atoms with E-state index < -0.39 is 0 Å².